The maximum atomic E-state index is 14.4. The largest absolute Gasteiger partial charge is 0.481 e. The van der Waals surface area contributed by atoms with Crippen molar-refractivity contribution in [2.75, 3.05) is 58.8 Å². The monoisotopic (exact) mass is 1770 g/mol. The summed E-state index contributed by atoms with van der Waals surface area (Å²) in [5.74, 6) is -8.77. The highest BCUT2D eigenvalue weighted by atomic mass is 31.3. The minimum Gasteiger partial charge on any atom is -0.456 e. The number of hydrogen-bond donors (Lipinski definition) is 12. The molecular weight excluding hydrogens is 1640 g/mol. The number of phosphoric ester groups is 2. The first-order valence-corrected chi connectivity index (χ1v) is 44.7. The number of cyclic esters (lactones) is 2. The lowest BCUT2D eigenvalue weighted by Gasteiger charge is -2.33. The highest BCUT2D eigenvalue weighted by Gasteiger charge is 2.40. The number of nitrogens with two attached hydrogens (primary N) is 1. The van der Waals surface area contributed by atoms with Gasteiger partial charge in [0.2, 0.25) is 41.4 Å². The van der Waals surface area contributed by atoms with Crippen LogP contribution in [0.2, 0.25) is 0 Å². The third-order valence-corrected chi connectivity index (χ3v) is 22.8. The van der Waals surface area contributed by atoms with Crippen molar-refractivity contribution in [2.24, 2.45) is 29.4 Å². The highest BCUT2D eigenvalue weighted by Crippen LogP contribution is 2.60. The number of anilines is 1. The molecule has 13 N–H and O–H groups in total. The molecule has 12 amide bonds. The van der Waals surface area contributed by atoms with Gasteiger partial charge in [-0.25, -0.2) is 33.1 Å². The summed E-state index contributed by atoms with van der Waals surface area (Å²) < 4.78 is 64.7. The van der Waals surface area contributed by atoms with Crippen molar-refractivity contribution in [2.45, 2.75) is 254 Å². The first-order valence-electron chi connectivity index (χ1n) is 41.7. The number of esters is 2. The number of phosphoric acid groups is 2. The average molecular weight is 1770 g/mol. The maximum Gasteiger partial charge on any atom is 0.481 e. The van der Waals surface area contributed by atoms with Crippen molar-refractivity contribution in [3.8, 4) is 0 Å². The summed E-state index contributed by atoms with van der Waals surface area (Å²) >= 11 is 0. The van der Waals surface area contributed by atoms with Gasteiger partial charge in [0.25, 0.3) is 5.91 Å². The molecule has 0 radical (unpaired) electrons. The van der Waals surface area contributed by atoms with Gasteiger partial charge in [-0.2, -0.15) is 4.31 Å². The zero-order valence-electron chi connectivity index (χ0n) is 73.1. The van der Waals surface area contributed by atoms with E-state index in [1.807, 2.05) is 0 Å². The van der Waals surface area contributed by atoms with Crippen LogP contribution in [0.25, 0.3) is 0 Å². The van der Waals surface area contributed by atoms with Gasteiger partial charge in [-0.3, -0.25) is 52.1 Å². The number of rotatable bonds is 42. The van der Waals surface area contributed by atoms with Crippen LogP contribution in [0.4, 0.5) is 20.1 Å². The molecule has 123 heavy (non-hydrogen) atoms. The average Bonchev–Trinajstić information content (AvgIpc) is 1.30. The standard InChI is InChI=1S/C82H129N15O24P2/c1-15-54(7)70-75(103)89-59(12)79(107)120-71(55(8)16-2)57(10)65(39-34-56(9)78(106)118-66(48-52(3)4)73(101)88-58(11)76(104)96(14)64(49-60-30-21-17-22-31-60)77(105)95(13)50-68(99)93-70)119-82(110)86-41-25-20-28-47-117-123(113,114)121-122(111,112)116-46-27-19-24-40-85-81(109)115-51-61-35-37-62(38-36-61)90-72(100)63(32-29-42-84-80(83)108)91-74(102)69(53(5)6)92-67(98)33-23-18-26-44-97-45-43-87-94-97/h16-17,21-22,30-31,34-38,43,45,52-54,57-59,63-66,69-71H,15,18-20,23-29,32-33,39-42,44,46-51H2,1-14H3,(H,85,109)(H,86,110)(H,88,101)(H,89,103)(H,90,100)(H,91,102)(H,92,98)(H,93,99)(H,111,112)(H,113,114)(H3,83,84,108)/b55-16+,56-34+/t54?,57-,58-,59+,63+,64+,65-,66+,69+,70-,71+/m0/s1. The zero-order chi connectivity index (χ0) is 91.5. The Balaban J connectivity index is 1.28. The third-order valence-electron chi connectivity index (χ3n) is 20.2. The van der Waals surface area contributed by atoms with Crippen LogP contribution in [0.5, 0.6) is 0 Å². The topological polar surface area (TPSA) is 533 Å². The van der Waals surface area contributed by atoms with Gasteiger partial charge >= 0.3 is 45.8 Å². The Labute approximate surface area is 719 Å². The predicted octanol–water partition coefficient (Wildman–Crippen LogP) is 7.35. The van der Waals surface area contributed by atoms with E-state index >= 15 is 0 Å². The molecule has 0 aliphatic carbocycles. The molecule has 3 aromatic rings. The minimum atomic E-state index is -5.16. The van der Waals surface area contributed by atoms with Crippen LogP contribution in [0.1, 0.15) is 191 Å². The summed E-state index contributed by atoms with van der Waals surface area (Å²) in [6, 6.07) is 7.44. The van der Waals surface area contributed by atoms with Gasteiger partial charge in [0.15, 0.2) is 6.10 Å². The van der Waals surface area contributed by atoms with Gasteiger partial charge < -0.3 is 92.1 Å². The molecule has 39 nitrogen and oxygen atoms in total. The Bertz CT molecular complexity index is 4080. The molecule has 0 fully saturated rings. The first kappa shape index (κ1) is 105. The number of carbonyl (C=O) groups excluding carboxylic acids is 13. The smallest absolute Gasteiger partial charge is 0.456 e. The van der Waals surface area contributed by atoms with E-state index in [4.69, 9.17) is 33.7 Å². The Morgan fingerprint density at radius 3 is 1.93 bits per heavy atom. The van der Waals surface area contributed by atoms with Gasteiger partial charge in [-0.15, -0.1) is 5.10 Å². The molecule has 0 saturated carbocycles. The van der Waals surface area contributed by atoms with Gasteiger partial charge in [0, 0.05) is 82.9 Å². The number of allylic oxidation sites excluding steroid dienone is 1. The fraction of sp³-hybridized carbons (Fsp3) is 0.622. The number of aromatic nitrogens is 3. The third kappa shape index (κ3) is 39.9. The lowest BCUT2D eigenvalue weighted by Crippen LogP contribution is -2.57. The van der Waals surface area contributed by atoms with E-state index in [9.17, 15) is 81.2 Å². The van der Waals surface area contributed by atoms with Crippen molar-refractivity contribution in [3.63, 3.8) is 0 Å². The van der Waals surface area contributed by atoms with Crippen LogP contribution in [-0.2, 0) is 109 Å². The lowest BCUT2D eigenvalue weighted by atomic mass is 9.90. The number of benzene rings is 2. The molecule has 2 heterocycles. The van der Waals surface area contributed by atoms with Gasteiger partial charge in [0.1, 0.15) is 55.1 Å². The summed E-state index contributed by atoms with van der Waals surface area (Å²) in [7, 11) is -7.52. The van der Waals surface area contributed by atoms with E-state index in [0.717, 1.165) is 17.7 Å². The number of nitrogens with zero attached hydrogens (tertiary/aromatic N) is 5. The van der Waals surface area contributed by atoms with Crippen LogP contribution in [0.15, 0.2) is 90.3 Å². The highest BCUT2D eigenvalue weighted by molar-refractivity contribution is 7.61. The number of amides is 12. The van der Waals surface area contributed by atoms with E-state index < -0.39 is 167 Å². The molecule has 2 aromatic carbocycles. The normalized spacial score (nSPS) is 21.2. The number of aryl methyl sites for hydroxylation is 1. The van der Waals surface area contributed by atoms with E-state index in [1.54, 1.807) is 140 Å². The number of primary amides is 1. The first-order chi connectivity index (χ1) is 58.1. The fourth-order valence-electron chi connectivity index (χ4n) is 12.6. The predicted molar refractivity (Wildman–Crippen MR) is 453 cm³/mol. The summed E-state index contributed by atoms with van der Waals surface area (Å²) in [6.07, 6.45) is 5.45. The molecule has 686 valence electrons. The van der Waals surface area contributed by atoms with Crippen molar-refractivity contribution in [3.05, 3.63) is 101 Å². The Morgan fingerprint density at radius 1 is 0.724 bits per heavy atom. The summed E-state index contributed by atoms with van der Waals surface area (Å²) in [5.41, 5.74) is 7.29. The zero-order valence-corrected chi connectivity index (χ0v) is 74.9. The van der Waals surface area contributed by atoms with Crippen LogP contribution < -0.4 is 53.6 Å². The number of urea groups is 1. The number of alkyl carbamates (subject to hydrolysis) is 2. The molecule has 3 unspecified atom stereocenters. The molecule has 1 aromatic heterocycles. The number of ether oxygens (including phenoxy) is 4. The molecule has 1 aliphatic rings. The number of likely N-dealkylation sites (N-methyl/N-ethyl adjacent to an activating group) is 2. The van der Waals surface area contributed by atoms with Crippen LogP contribution in [0.3, 0.4) is 0 Å². The molecule has 1 aliphatic heterocycles. The van der Waals surface area contributed by atoms with Crippen LogP contribution in [-0.4, -0.2) is 220 Å². The van der Waals surface area contributed by atoms with E-state index in [2.05, 4.69) is 62.5 Å². The van der Waals surface area contributed by atoms with Crippen molar-refractivity contribution < 1.29 is 114 Å². The molecule has 0 saturated heterocycles. The van der Waals surface area contributed by atoms with Crippen molar-refractivity contribution in [1.82, 2.24) is 67.3 Å². The number of unbranched alkanes of at least 4 members (excludes halogenated alkanes) is 6. The van der Waals surface area contributed by atoms with Crippen LogP contribution >= 0.6 is 15.6 Å². The second-order valence-corrected chi connectivity index (χ2v) is 34.3. The fourth-order valence-corrected chi connectivity index (χ4v) is 14.8. The molecule has 4 rings (SSSR count). The van der Waals surface area contributed by atoms with E-state index in [-0.39, 0.29) is 120 Å². The maximum absolute atomic E-state index is 14.4. The van der Waals surface area contributed by atoms with E-state index in [1.165, 1.54) is 45.8 Å². The molecule has 13 atom stereocenters. The Hall–Kier alpha value is -10.2. The number of nitrogens with one attached hydrogen (secondary N) is 9. The van der Waals surface area contributed by atoms with Crippen molar-refractivity contribution in [1.29, 1.82) is 0 Å². The summed E-state index contributed by atoms with van der Waals surface area (Å²) in [5, 5.41) is 31.7. The number of carbonyl (C=O) groups is 13. The van der Waals surface area contributed by atoms with E-state index in [0.29, 0.717) is 54.6 Å². The minimum absolute atomic E-state index is 0.0117. The second-order valence-electron chi connectivity index (χ2n) is 31.3. The van der Waals surface area contributed by atoms with Crippen LogP contribution in [0, 0.1) is 23.7 Å². The van der Waals surface area contributed by atoms with Gasteiger partial charge in [-0.1, -0.05) is 121 Å². The molecule has 0 bridgehead atoms. The lowest BCUT2D eigenvalue weighted by molar-refractivity contribution is -0.155. The Kier molecular flexibility index (Phi) is 46.6. The summed E-state index contributed by atoms with van der Waals surface area (Å²) in [6.45, 7) is 19.3. The SMILES string of the molecule is C/C=C(\C)[C@H]1OC(=O)[C@@H](C)NC(=O)[C@H](C(C)CC)NC(=O)CN(C)C(=O)[C@@H](Cc2ccccc2)N(C)C(=O)[C@H](C)NC(=O)[C@@H](CC(C)C)OC(=O)/C(C)=C/C[C@H](OC(=O)NCCCCCOP(=O)(O)OP(=O)(O)OCCCCCNC(=O)OCc2ccc(NC(=O)[C@@H](CCCNC(N)=O)NC(=O)[C@H](NC(=O)CCCCCn3ccnn3)C(C)C)cc2)[C@@H]1C. The molecule has 41 heteroatoms. The van der Waals surface area contributed by atoms with Gasteiger partial charge in [0.05, 0.1) is 26.0 Å². The number of hydrogen-bond acceptors (Lipinski definition) is 24. The van der Waals surface area contributed by atoms with Crippen molar-refractivity contribution >= 4 is 98.7 Å². The molecular formula is C82H129N15O24P2. The Morgan fingerprint density at radius 2 is 1.34 bits per heavy atom. The molecule has 0 spiro atoms. The van der Waals surface area contributed by atoms with Gasteiger partial charge in [-0.05, 0) is 152 Å². The quantitative estimate of drug-likeness (QED) is 0.00866. The summed E-state index contributed by atoms with van der Waals surface area (Å²) in [4.78, 5) is 199. The second kappa shape index (κ2) is 54.5.